The Balaban J connectivity index is 3.67. The first kappa shape index (κ1) is 12.3. The highest BCUT2D eigenvalue weighted by Crippen LogP contribution is 2.34. The monoisotopic (exact) mass is 214 g/mol. The smallest absolute Gasteiger partial charge is 0.116 e. The molecule has 0 saturated heterocycles. The molecule has 0 atom stereocenters. The summed E-state index contributed by atoms with van der Waals surface area (Å²) in [4.78, 5) is 0. The molecule has 1 heteroatoms. The molecule has 0 aliphatic heterocycles. The highest BCUT2D eigenvalue weighted by molar-refractivity contribution is 5.85. The lowest BCUT2D eigenvalue weighted by Gasteiger charge is -2.16. The van der Waals surface area contributed by atoms with Gasteiger partial charge in [0.1, 0.15) is 5.75 Å². The van der Waals surface area contributed by atoms with Crippen molar-refractivity contribution in [2.45, 2.75) is 20.8 Å². The van der Waals surface area contributed by atoms with Crippen LogP contribution >= 0.6 is 0 Å². The molecule has 1 rings (SSSR count). The van der Waals surface area contributed by atoms with Gasteiger partial charge in [0.2, 0.25) is 0 Å². The van der Waals surface area contributed by atoms with E-state index < -0.39 is 0 Å². The van der Waals surface area contributed by atoms with Gasteiger partial charge in [-0.2, -0.15) is 0 Å². The third-order valence-electron chi connectivity index (χ3n) is 2.47. The van der Waals surface area contributed by atoms with Crippen LogP contribution in [0.15, 0.2) is 31.9 Å². The summed E-state index contributed by atoms with van der Waals surface area (Å²) in [5, 5.41) is 9.69. The van der Waals surface area contributed by atoms with Crippen LogP contribution in [0.1, 0.15) is 37.5 Å². The largest absolute Gasteiger partial charge is 0.508 e. The molecular weight excluding hydrogens is 196 g/mol. The molecule has 84 valence electrons. The Morgan fingerprint density at radius 2 is 1.25 bits per heavy atom. The topological polar surface area (TPSA) is 20.2 Å². The van der Waals surface area contributed by atoms with Crippen LogP contribution in [0.25, 0.3) is 16.7 Å². The molecule has 0 saturated carbocycles. The van der Waals surface area contributed by atoms with Crippen molar-refractivity contribution < 1.29 is 5.11 Å². The fourth-order valence-electron chi connectivity index (χ4n) is 1.76. The Labute approximate surface area is 97.4 Å². The van der Waals surface area contributed by atoms with Crippen molar-refractivity contribution in [3.63, 3.8) is 0 Å². The molecule has 1 aromatic rings. The van der Waals surface area contributed by atoms with Crippen molar-refractivity contribution in [2.24, 2.45) is 0 Å². The molecule has 16 heavy (non-hydrogen) atoms. The predicted octanol–water partition coefficient (Wildman–Crippen LogP) is 4.49. The summed E-state index contributed by atoms with van der Waals surface area (Å²) in [5.74, 6) is 0.237. The van der Waals surface area contributed by atoms with Crippen molar-refractivity contribution in [3.05, 3.63) is 48.6 Å². The molecule has 0 radical (unpaired) electrons. The first-order valence-corrected chi connectivity index (χ1v) is 5.19. The SMILES string of the molecule is C=C(C)c1cc(O)cc(C(=C)C)c1C(=C)C. The van der Waals surface area contributed by atoms with Gasteiger partial charge in [-0.1, -0.05) is 30.9 Å². The molecule has 0 aliphatic rings. The number of hydrogen-bond acceptors (Lipinski definition) is 1. The van der Waals surface area contributed by atoms with Crippen molar-refractivity contribution in [2.75, 3.05) is 0 Å². The lowest BCUT2D eigenvalue weighted by atomic mass is 9.89. The van der Waals surface area contributed by atoms with E-state index in [2.05, 4.69) is 19.7 Å². The van der Waals surface area contributed by atoms with E-state index in [4.69, 9.17) is 0 Å². The van der Waals surface area contributed by atoms with Crippen LogP contribution in [0.5, 0.6) is 5.75 Å². The van der Waals surface area contributed by atoms with E-state index >= 15 is 0 Å². The Morgan fingerprint density at radius 3 is 1.50 bits per heavy atom. The zero-order valence-corrected chi connectivity index (χ0v) is 10.2. The van der Waals surface area contributed by atoms with Crippen molar-refractivity contribution in [1.29, 1.82) is 0 Å². The summed E-state index contributed by atoms with van der Waals surface area (Å²) in [6.07, 6.45) is 0. The van der Waals surface area contributed by atoms with E-state index in [1.54, 1.807) is 12.1 Å². The molecule has 0 aliphatic carbocycles. The maximum absolute atomic E-state index is 9.69. The molecule has 0 amide bonds. The van der Waals surface area contributed by atoms with Gasteiger partial charge in [-0.25, -0.2) is 0 Å². The summed E-state index contributed by atoms with van der Waals surface area (Å²) in [5.41, 5.74) is 5.68. The van der Waals surface area contributed by atoms with Crippen molar-refractivity contribution in [1.82, 2.24) is 0 Å². The maximum Gasteiger partial charge on any atom is 0.116 e. The maximum atomic E-state index is 9.69. The van der Waals surface area contributed by atoms with Gasteiger partial charge >= 0.3 is 0 Å². The van der Waals surface area contributed by atoms with Gasteiger partial charge in [-0.05, 0) is 55.2 Å². The van der Waals surface area contributed by atoms with Gasteiger partial charge in [-0.3, -0.25) is 0 Å². The van der Waals surface area contributed by atoms with E-state index in [-0.39, 0.29) is 5.75 Å². The van der Waals surface area contributed by atoms with Gasteiger partial charge in [0, 0.05) is 0 Å². The minimum absolute atomic E-state index is 0.237. The van der Waals surface area contributed by atoms with Crippen LogP contribution in [0, 0.1) is 0 Å². The van der Waals surface area contributed by atoms with Crippen LogP contribution in [0.3, 0.4) is 0 Å². The standard InChI is InChI=1S/C15H18O/c1-9(2)13-7-12(16)8-14(10(3)4)15(13)11(5)6/h7-8,16H,1,3,5H2,2,4,6H3. The number of rotatable bonds is 3. The fourth-order valence-corrected chi connectivity index (χ4v) is 1.76. The second-order valence-corrected chi connectivity index (χ2v) is 4.26. The number of benzene rings is 1. The van der Waals surface area contributed by atoms with E-state index in [1.807, 2.05) is 20.8 Å². The zero-order chi connectivity index (χ0) is 12.5. The Hall–Kier alpha value is -1.76. The summed E-state index contributed by atoms with van der Waals surface area (Å²) in [6.45, 7) is 17.6. The Kier molecular flexibility index (Phi) is 3.38. The van der Waals surface area contributed by atoms with Gasteiger partial charge in [0.25, 0.3) is 0 Å². The summed E-state index contributed by atoms with van der Waals surface area (Å²) in [7, 11) is 0. The van der Waals surface area contributed by atoms with Gasteiger partial charge in [0.05, 0.1) is 0 Å². The average Bonchev–Trinajstić information content (AvgIpc) is 2.15. The van der Waals surface area contributed by atoms with E-state index in [9.17, 15) is 5.11 Å². The number of phenols is 1. The van der Waals surface area contributed by atoms with Crippen LogP contribution in [-0.4, -0.2) is 5.11 Å². The van der Waals surface area contributed by atoms with Crippen molar-refractivity contribution in [3.8, 4) is 5.75 Å². The van der Waals surface area contributed by atoms with Crippen LogP contribution in [-0.2, 0) is 0 Å². The molecule has 1 aromatic carbocycles. The minimum Gasteiger partial charge on any atom is -0.508 e. The third-order valence-corrected chi connectivity index (χ3v) is 2.47. The van der Waals surface area contributed by atoms with Crippen LogP contribution < -0.4 is 0 Å². The summed E-state index contributed by atoms with van der Waals surface area (Å²) >= 11 is 0. The molecule has 0 fully saturated rings. The molecular formula is C15H18O. The molecule has 1 nitrogen and oxygen atoms in total. The number of hydrogen-bond donors (Lipinski definition) is 1. The molecule has 1 N–H and O–H groups in total. The Bertz CT molecular complexity index is 443. The summed E-state index contributed by atoms with van der Waals surface area (Å²) < 4.78 is 0. The molecule has 0 unspecified atom stereocenters. The molecule has 0 aromatic heterocycles. The van der Waals surface area contributed by atoms with Crippen molar-refractivity contribution >= 4 is 16.7 Å². The average molecular weight is 214 g/mol. The quantitative estimate of drug-likeness (QED) is 0.785. The second kappa shape index (κ2) is 4.40. The first-order chi connectivity index (χ1) is 7.34. The Morgan fingerprint density at radius 1 is 0.875 bits per heavy atom. The lowest BCUT2D eigenvalue weighted by molar-refractivity contribution is 0.475. The van der Waals surface area contributed by atoms with Crippen LogP contribution in [0.4, 0.5) is 0 Å². The van der Waals surface area contributed by atoms with Gasteiger partial charge < -0.3 is 5.11 Å². The van der Waals surface area contributed by atoms with Crippen LogP contribution in [0.2, 0.25) is 0 Å². The van der Waals surface area contributed by atoms with E-state index in [0.29, 0.717) is 0 Å². The highest BCUT2D eigenvalue weighted by atomic mass is 16.3. The number of aromatic hydroxyl groups is 1. The van der Waals surface area contributed by atoms with E-state index in [1.165, 1.54) is 0 Å². The predicted molar refractivity (Wildman–Crippen MR) is 72.2 cm³/mol. The van der Waals surface area contributed by atoms with Gasteiger partial charge in [-0.15, -0.1) is 0 Å². The zero-order valence-electron chi connectivity index (χ0n) is 10.2. The van der Waals surface area contributed by atoms with E-state index in [0.717, 1.165) is 33.4 Å². The number of phenolic OH excluding ortho intramolecular Hbond substituents is 1. The third kappa shape index (κ3) is 2.25. The first-order valence-electron chi connectivity index (χ1n) is 5.19. The summed E-state index contributed by atoms with van der Waals surface area (Å²) in [6, 6.07) is 3.44. The molecule has 0 heterocycles. The lowest BCUT2D eigenvalue weighted by Crippen LogP contribution is -1.95. The normalized spacial score (nSPS) is 9.94. The highest BCUT2D eigenvalue weighted by Gasteiger charge is 2.12. The molecule has 0 spiro atoms. The minimum atomic E-state index is 0.237. The number of allylic oxidation sites excluding steroid dienone is 3. The second-order valence-electron chi connectivity index (χ2n) is 4.26. The van der Waals surface area contributed by atoms with Gasteiger partial charge in [0.15, 0.2) is 0 Å². The molecule has 0 bridgehead atoms. The fraction of sp³-hybridized carbons (Fsp3) is 0.200.